The van der Waals surface area contributed by atoms with Crippen molar-refractivity contribution in [1.82, 2.24) is 30.1 Å². The highest BCUT2D eigenvalue weighted by atomic mass is 16.1. The number of H-pyrrole nitrogens is 1. The van der Waals surface area contributed by atoms with Gasteiger partial charge in [0.25, 0.3) is 5.56 Å². The van der Waals surface area contributed by atoms with Crippen molar-refractivity contribution >= 4 is 10.9 Å². The minimum Gasteiger partial charge on any atom is -0.322 e. The van der Waals surface area contributed by atoms with Crippen LogP contribution in [0.3, 0.4) is 0 Å². The third-order valence-electron chi connectivity index (χ3n) is 7.64. The molecule has 2 aromatic heterocycles. The van der Waals surface area contributed by atoms with Crippen LogP contribution in [0.2, 0.25) is 0 Å². The highest BCUT2D eigenvalue weighted by molar-refractivity contribution is 5.79. The Morgan fingerprint density at radius 3 is 2.61 bits per heavy atom. The molecule has 4 aromatic rings. The third-order valence-corrected chi connectivity index (χ3v) is 7.64. The summed E-state index contributed by atoms with van der Waals surface area (Å²) in [6.07, 6.45) is 7.48. The van der Waals surface area contributed by atoms with Crippen LogP contribution in [0.1, 0.15) is 74.5 Å². The zero-order valence-corrected chi connectivity index (χ0v) is 21.4. The van der Waals surface area contributed by atoms with Crippen molar-refractivity contribution in [2.24, 2.45) is 0 Å². The van der Waals surface area contributed by atoms with Gasteiger partial charge in [-0.05, 0) is 77.2 Å². The van der Waals surface area contributed by atoms with Crippen molar-refractivity contribution in [1.29, 1.82) is 0 Å². The topological polar surface area (TPSA) is 79.7 Å². The molecule has 0 amide bonds. The normalized spacial score (nSPS) is 15.2. The quantitative estimate of drug-likeness (QED) is 0.334. The van der Waals surface area contributed by atoms with Gasteiger partial charge in [-0.2, -0.15) is 0 Å². The summed E-state index contributed by atoms with van der Waals surface area (Å²) in [6.45, 7) is 5.68. The van der Waals surface area contributed by atoms with Crippen LogP contribution in [-0.4, -0.2) is 36.1 Å². The number of fused-ring (bicyclic) bond motifs is 1. The van der Waals surface area contributed by atoms with Gasteiger partial charge in [0.15, 0.2) is 5.82 Å². The number of nitrogens with zero attached hydrogens (tertiary/aromatic N) is 5. The second-order valence-electron chi connectivity index (χ2n) is 9.93. The first kappa shape index (κ1) is 24.4. The summed E-state index contributed by atoms with van der Waals surface area (Å²) in [6, 6.07) is 19.3. The van der Waals surface area contributed by atoms with Crippen LogP contribution in [-0.2, 0) is 25.9 Å². The van der Waals surface area contributed by atoms with Crippen LogP contribution < -0.4 is 5.56 Å². The van der Waals surface area contributed by atoms with Gasteiger partial charge in [-0.3, -0.25) is 9.69 Å². The smallest absolute Gasteiger partial charge is 0.252 e. The number of aromatic amines is 1. The van der Waals surface area contributed by atoms with E-state index in [-0.39, 0.29) is 11.6 Å². The van der Waals surface area contributed by atoms with Crippen molar-refractivity contribution in [3.05, 3.63) is 87.5 Å². The molecule has 0 saturated heterocycles. The van der Waals surface area contributed by atoms with Crippen molar-refractivity contribution < 1.29 is 0 Å². The molecule has 0 bridgehead atoms. The van der Waals surface area contributed by atoms with Crippen LogP contribution >= 0.6 is 0 Å². The van der Waals surface area contributed by atoms with Crippen LogP contribution in [0, 0.1) is 0 Å². The monoisotopic (exact) mass is 484 g/mol. The summed E-state index contributed by atoms with van der Waals surface area (Å²) in [7, 11) is 0. The molecule has 2 heterocycles. The molecular formula is C29H36N6O. The number of aromatic nitrogens is 5. The van der Waals surface area contributed by atoms with Gasteiger partial charge in [-0.15, -0.1) is 5.10 Å². The molecule has 7 nitrogen and oxygen atoms in total. The summed E-state index contributed by atoms with van der Waals surface area (Å²) in [5.41, 5.74) is 4.24. The summed E-state index contributed by atoms with van der Waals surface area (Å²) in [4.78, 5) is 18.8. The lowest BCUT2D eigenvalue weighted by Gasteiger charge is -2.35. The largest absolute Gasteiger partial charge is 0.322 e. The lowest BCUT2D eigenvalue weighted by Crippen LogP contribution is -2.39. The summed E-state index contributed by atoms with van der Waals surface area (Å²) < 4.78 is 1.96. The lowest BCUT2D eigenvalue weighted by atomic mass is 10.0. The van der Waals surface area contributed by atoms with Gasteiger partial charge in [0.05, 0.1) is 6.04 Å². The van der Waals surface area contributed by atoms with Gasteiger partial charge in [0, 0.05) is 30.2 Å². The number of tetrazole rings is 1. The van der Waals surface area contributed by atoms with Crippen LogP contribution in [0.25, 0.3) is 10.9 Å². The Balaban J connectivity index is 1.45. The van der Waals surface area contributed by atoms with E-state index >= 15 is 0 Å². The van der Waals surface area contributed by atoms with Crippen LogP contribution in [0.15, 0.2) is 59.4 Å². The maximum Gasteiger partial charge on any atom is 0.252 e. The number of rotatable bonds is 10. The first-order valence-electron chi connectivity index (χ1n) is 13.4. The molecule has 1 atom stereocenters. The fraction of sp³-hybridized carbons (Fsp3) is 0.448. The van der Waals surface area contributed by atoms with Gasteiger partial charge in [-0.1, -0.05) is 63.1 Å². The number of benzene rings is 2. The summed E-state index contributed by atoms with van der Waals surface area (Å²) in [5, 5.41) is 14.0. The molecule has 7 heteroatoms. The van der Waals surface area contributed by atoms with E-state index < -0.39 is 0 Å². The molecule has 1 saturated carbocycles. The van der Waals surface area contributed by atoms with E-state index in [0.29, 0.717) is 12.6 Å². The zero-order valence-electron chi connectivity index (χ0n) is 21.4. The second-order valence-corrected chi connectivity index (χ2v) is 9.93. The third kappa shape index (κ3) is 5.26. The van der Waals surface area contributed by atoms with E-state index in [1.54, 1.807) is 0 Å². The number of nitrogens with one attached hydrogen (secondary N) is 1. The molecule has 188 valence electrons. The molecule has 1 aliphatic rings. The molecule has 0 unspecified atom stereocenters. The molecule has 1 fully saturated rings. The molecule has 0 spiro atoms. The maximum atomic E-state index is 13.1. The lowest BCUT2D eigenvalue weighted by molar-refractivity contribution is 0.112. The first-order chi connectivity index (χ1) is 17.7. The predicted octanol–water partition coefficient (Wildman–Crippen LogP) is 5.22. The Labute approximate surface area is 212 Å². The number of pyridine rings is 1. The Morgan fingerprint density at radius 2 is 1.86 bits per heavy atom. The Hall–Kier alpha value is -3.32. The van der Waals surface area contributed by atoms with Gasteiger partial charge < -0.3 is 4.98 Å². The van der Waals surface area contributed by atoms with Gasteiger partial charge in [0.2, 0.25) is 0 Å². The molecule has 1 N–H and O–H groups in total. The maximum absolute atomic E-state index is 13.1. The molecule has 0 aliphatic heterocycles. The van der Waals surface area contributed by atoms with E-state index in [0.717, 1.165) is 60.9 Å². The van der Waals surface area contributed by atoms with Crippen LogP contribution in [0.5, 0.6) is 0 Å². The van der Waals surface area contributed by atoms with E-state index in [4.69, 9.17) is 0 Å². The van der Waals surface area contributed by atoms with E-state index in [1.807, 2.05) is 16.8 Å². The molecular weight excluding hydrogens is 448 g/mol. The van der Waals surface area contributed by atoms with E-state index in [1.165, 1.54) is 24.0 Å². The van der Waals surface area contributed by atoms with Gasteiger partial charge in [0.1, 0.15) is 0 Å². The molecule has 1 aliphatic carbocycles. The minimum atomic E-state index is -0.00623. The number of hydrogen-bond donors (Lipinski definition) is 1. The zero-order chi connectivity index (χ0) is 24.9. The van der Waals surface area contributed by atoms with Crippen LogP contribution in [0.4, 0.5) is 0 Å². The van der Waals surface area contributed by atoms with E-state index in [9.17, 15) is 4.79 Å². The minimum absolute atomic E-state index is 0.00623. The molecule has 2 aromatic carbocycles. The SMILES string of the molecule is CCc1ccc2[nH]c(=O)c(CN(C3CCCC3)[C@H](CC)c3nnnn3CCc3ccccc3)cc2c1. The Bertz CT molecular complexity index is 1340. The van der Waals surface area contributed by atoms with Crippen molar-refractivity contribution in [2.75, 3.05) is 0 Å². The fourth-order valence-electron chi connectivity index (χ4n) is 5.62. The van der Waals surface area contributed by atoms with Gasteiger partial charge in [-0.25, -0.2) is 4.68 Å². The highest BCUT2D eigenvalue weighted by Gasteiger charge is 2.32. The van der Waals surface area contributed by atoms with Crippen molar-refractivity contribution in [3.63, 3.8) is 0 Å². The highest BCUT2D eigenvalue weighted by Crippen LogP contribution is 2.33. The van der Waals surface area contributed by atoms with E-state index in [2.05, 4.69) is 81.7 Å². The molecule has 5 rings (SSSR count). The number of aryl methyl sites for hydroxylation is 3. The average Bonchev–Trinajstić information content (AvgIpc) is 3.61. The summed E-state index contributed by atoms with van der Waals surface area (Å²) >= 11 is 0. The van der Waals surface area contributed by atoms with Crippen molar-refractivity contribution in [2.45, 2.75) is 84.0 Å². The average molecular weight is 485 g/mol. The standard InChI is InChI=1S/C29H36N6O/c1-3-21-14-15-26-23(18-21)19-24(29(36)30-26)20-34(25-12-8-9-13-25)27(4-2)28-31-32-33-35(28)17-16-22-10-6-5-7-11-22/h5-7,10-11,14-15,18-19,25,27H,3-4,8-9,12-13,16-17,20H2,1-2H3,(H,30,36)/t27-/m1/s1. The van der Waals surface area contributed by atoms with Crippen molar-refractivity contribution in [3.8, 4) is 0 Å². The van der Waals surface area contributed by atoms with Gasteiger partial charge >= 0.3 is 0 Å². The number of hydrogen-bond acceptors (Lipinski definition) is 5. The predicted molar refractivity (Wildman–Crippen MR) is 143 cm³/mol. The Morgan fingerprint density at radius 1 is 1.06 bits per heavy atom. The summed E-state index contributed by atoms with van der Waals surface area (Å²) in [5.74, 6) is 0.894. The molecule has 0 radical (unpaired) electrons. The Kier molecular flexibility index (Phi) is 7.56. The fourth-order valence-corrected chi connectivity index (χ4v) is 5.62. The second kappa shape index (κ2) is 11.2. The first-order valence-corrected chi connectivity index (χ1v) is 13.4. The molecule has 36 heavy (non-hydrogen) atoms.